The first-order valence-corrected chi connectivity index (χ1v) is 4.99. The number of thiophene rings is 1. The Hall–Kier alpha value is -1.15. The summed E-state index contributed by atoms with van der Waals surface area (Å²) in [6.45, 7) is 4.19. The van der Waals surface area contributed by atoms with E-state index in [1.165, 1.54) is 21.2 Å². The van der Waals surface area contributed by atoms with Crippen LogP contribution in [0, 0.1) is 13.8 Å². The van der Waals surface area contributed by atoms with Crippen LogP contribution in [0.2, 0.25) is 0 Å². The van der Waals surface area contributed by atoms with Gasteiger partial charge in [-0.15, -0.1) is 11.3 Å². The van der Waals surface area contributed by atoms with Crippen molar-refractivity contribution in [3.63, 3.8) is 0 Å². The van der Waals surface area contributed by atoms with Crippen molar-refractivity contribution >= 4 is 27.7 Å². The lowest BCUT2D eigenvalue weighted by atomic mass is 10.1. The first kappa shape index (κ1) is 8.45. The van der Waals surface area contributed by atoms with Crippen LogP contribution in [0.15, 0.2) is 18.2 Å². The Morgan fingerprint density at radius 2 is 2.08 bits per heavy atom. The van der Waals surface area contributed by atoms with Gasteiger partial charge in [0.15, 0.2) is 6.29 Å². The van der Waals surface area contributed by atoms with E-state index < -0.39 is 0 Å². The fourth-order valence-corrected chi connectivity index (χ4v) is 2.37. The molecule has 0 aliphatic heterocycles. The minimum Gasteiger partial charge on any atom is -0.297 e. The Morgan fingerprint density at radius 3 is 2.77 bits per heavy atom. The summed E-state index contributed by atoms with van der Waals surface area (Å²) in [5.74, 6) is 0. The second kappa shape index (κ2) is 2.96. The number of carbonyl (C=O) groups excluding carboxylic acids is 1. The third kappa shape index (κ3) is 1.27. The van der Waals surface area contributed by atoms with Gasteiger partial charge < -0.3 is 0 Å². The lowest BCUT2D eigenvalue weighted by Gasteiger charge is -1.99. The summed E-state index contributed by atoms with van der Waals surface area (Å²) in [5.41, 5.74) is 2.56. The Labute approximate surface area is 81.0 Å². The van der Waals surface area contributed by atoms with E-state index in [1.807, 2.05) is 6.07 Å². The fraction of sp³-hybridized carbons (Fsp3) is 0.182. The molecule has 2 rings (SSSR count). The van der Waals surface area contributed by atoms with E-state index in [0.29, 0.717) is 0 Å². The molecule has 2 aromatic rings. The van der Waals surface area contributed by atoms with E-state index in [2.05, 4.69) is 26.0 Å². The first-order valence-electron chi connectivity index (χ1n) is 4.17. The van der Waals surface area contributed by atoms with Gasteiger partial charge in [0.05, 0.1) is 4.88 Å². The zero-order valence-electron chi connectivity index (χ0n) is 7.63. The van der Waals surface area contributed by atoms with Gasteiger partial charge in [0, 0.05) is 4.70 Å². The molecule has 1 nitrogen and oxygen atoms in total. The average molecular weight is 190 g/mol. The molecule has 0 radical (unpaired) electrons. The molecule has 1 aromatic heterocycles. The number of carbonyl (C=O) groups is 1. The molecule has 0 fully saturated rings. The molecule has 0 unspecified atom stereocenters. The highest BCUT2D eigenvalue weighted by Gasteiger charge is 2.04. The predicted octanol–water partition coefficient (Wildman–Crippen LogP) is 3.33. The third-order valence-corrected chi connectivity index (χ3v) is 3.40. The van der Waals surface area contributed by atoms with E-state index >= 15 is 0 Å². The number of hydrogen-bond acceptors (Lipinski definition) is 2. The van der Waals surface area contributed by atoms with Crippen LogP contribution >= 0.6 is 11.3 Å². The fourth-order valence-electron chi connectivity index (χ4n) is 1.44. The van der Waals surface area contributed by atoms with E-state index in [-0.39, 0.29) is 0 Å². The minimum atomic E-state index is 0.809. The Bertz CT molecular complexity index is 468. The largest absolute Gasteiger partial charge is 0.297 e. The van der Waals surface area contributed by atoms with E-state index in [1.54, 1.807) is 11.3 Å². The highest BCUT2D eigenvalue weighted by molar-refractivity contribution is 7.20. The molecule has 0 aliphatic carbocycles. The molecule has 0 N–H and O–H groups in total. The Balaban J connectivity index is 2.83. The van der Waals surface area contributed by atoms with Gasteiger partial charge in [0.25, 0.3) is 0 Å². The molecule has 13 heavy (non-hydrogen) atoms. The molecular weight excluding hydrogens is 180 g/mol. The van der Waals surface area contributed by atoms with Crippen molar-refractivity contribution in [2.45, 2.75) is 13.8 Å². The summed E-state index contributed by atoms with van der Waals surface area (Å²) in [4.78, 5) is 11.4. The average Bonchev–Trinajstić information content (AvgIpc) is 2.55. The van der Waals surface area contributed by atoms with Crippen LogP contribution in [-0.4, -0.2) is 6.29 Å². The number of benzene rings is 1. The molecule has 2 heteroatoms. The van der Waals surface area contributed by atoms with Crippen molar-refractivity contribution in [3.8, 4) is 0 Å². The lowest BCUT2D eigenvalue weighted by Crippen LogP contribution is -1.78. The van der Waals surface area contributed by atoms with E-state index in [0.717, 1.165) is 11.2 Å². The zero-order chi connectivity index (χ0) is 9.42. The van der Waals surface area contributed by atoms with Crippen molar-refractivity contribution in [3.05, 3.63) is 34.2 Å². The van der Waals surface area contributed by atoms with E-state index in [4.69, 9.17) is 0 Å². The molecule has 66 valence electrons. The minimum absolute atomic E-state index is 0.809. The summed E-state index contributed by atoms with van der Waals surface area (Å²) in [7, 11) is 0. The van der Waals surface area contributed by atoms with Crippen molar-refractivity contribution in [2.24, 2.45) is 0 Å². The van der Waals surface area contributed by atoms with E-state index in [9.17, 15) is 4.79 Å². The van der Waals surface area contributed by atoms with Crippen LogP contribution in [0.4, 0.5) is 0 Å². The summed E-state index contributed by atoms with van der Waals surface area (Å²) < 4.78 is 1.20. The monoisotopic (exact) mass is 190 g/mol. The highest BCUT2D eigenvalue weighted by atomic mass is 32.1. The molecular formula is C11H10OS. The van der Waals surface area contributed by atoms with Gasteiger partial charge in [-0.05, 0) is 42.5 Å². The highest BCUT2D eigenvalue weighted by Crippen LogP contribution is 2.28. The predicted molar refractivity (Wildman–Crippen MR) is 56.7 cm³/mol. The maximum absolute atomic E-state index is 10.6. The zero-order valence-corrected chi connectivity index (χ0v) is 8.44. The molecule has 1 heterocycles. The van der Waals surface area contributed by atoms with Gasteiger partial charge in [-0.2, -0.15) is 0 Å². The second-order valence-electron chi connectivity index (χ2n) is 3.19. The third-order valence-electron chi connectivity index (χ3n) is 2.38. The van der Waals surface area contributed by atoms with Crippen LogP contribution in [0.3, 0.4) is 0 Å². The number of aldehydes is 1. The molecule has 0 saturated carbocycles. The maximum Gasteiger partial charge on any atom is 0.160 e. The number of fused-ring (bicyclic) bond motifs is 1. The summed E-state index contributed by atoms with van der Waals surface area (Å²) in [5, 5.41) is 1.21. The molecule has 0 spiro atoms. The second-order valence-corrected chi connectivity index (χ2v) is 4.30. The quantitative estimate of drug-likeness (QED) is 0.630. The van der Waals surface area contributed by atoms with Gasteiger partial charge in [-0.25, -0.2) is 0 Å². The van der Waals surface area contributed by atoms with Crippen LogP contribution in [0.25, 0.3) is 10.1 Å². The number of hydrogen-bond donors (Lipinski definition) is 0. The van der Waals surface area contributed by atoms with Crippen molar-refractivity contribution in [1.29, 1.82) is 0 Å². The molecule has 0 atom stereocenters. The van der Waals surface area contributed by atoms with Crippen LogP contribution in [0.1, 0.15) is 20.8 Å². The number of rotatable bonds is 1. The molecule has 0 amide bonds. The topological polar surface area (TPSA) is 17.1 Å². The van der Waals surface area contributed by atoms with Crippen molar-refractivity contribution in [1.82, 2.24) is 0 Å². The van der Waals surface area contributed by atoms with Gasteiger partial charge in [0.2, 0.25) is 0 Å². The molecule has 0 bridgehead atoms. The van der Waals surface area contributed by atoms with Gasteiger partial charge in [-0.1, -0.05) is 6.07 Å². The summed E-state index contributed by atoms with van der Waals surface area (Å²) >= 11 is 1.55. The van der Waals surface area contributed by atoms with Crippen LogP contribution in [0.5, 0.6) is 0 Å². The standard InChI is InChI=1S/C11H10OS/c1-7-3-4-11-10(8(7)2)5-9(6-12)13-11/h3-6H,1-2H3. The van der Waals surface area contributed by atoms with Crippen molar-refractivity contribution in [2.75, 3.05) is 0 Å². The normalized spacial score (nSPS) is 10.6. The lowest BCUT2D eigenvalue weighted by molar-refractivity contribution is 0.112. The first-order chi connectivity index (χ1) is 6.22. The Morgan fingerprint density at radius 1 is 1.31 bits per heavy atom. The smallest absolute Gasteiger partial charge is 0.160 e. The van der Waals surface area contributed by atoms with Crippen LogP contribution in [-0.2, 0) is 0 Å². The SMILES string of the molecule is Cc1ccc2sc(C=O)cc2c1C. The maximum atomic E-state index is 10.6. The van der Waals surface area contributed by atoms with Gasteiger partial charge in [-0.3, -0.25) is 4.79 Å². The van der Waals surface area contributed by atoms with Gasteiger partial charge >= 0.3 is 0 Å². The van der Waals surface area contributed by atoms with Gasteiger partial charge in [0.1, 0.15) is 0 Å². The number of aryl methyl sites for hydroxylation is 2. The summed E-state index contributed by atoms with van der Waals surface area (Å²) in [6.07, 6.45) is 0.916. The molecule has 0 saturated heterocycles. The van der Waals surface area contributed by atoms with Crippen LogP contribution < -0.4 is 0 Å². The Kier molecular flexibility index (Phi) is 1.93. The van der Waals surface area contributed by atoms with Crippen molar-refractivity contribution < 1.29 is 4.79 Å². The molecule has 1 aromatic carbocycles. The molecule has 0 aliphatic rings. The summed E-state index contributed by atoms with van der Waals surface area (Å²) in [6, 6.07) is 6.15.